The van der Waals surface area contributed by atoms with Crippen molar-refractivity contribution in [1.29, 1.82) is 0 Å². The number of allylic oxidation sites excluding steroid dienone is 16. The fraction of sp³-hybridized carbons (Fsp3) is 0.653. The number of aliphatic hydroxyl groups excluding tert-OH is 1. The number of carbonyl (C=O) groups excluding carboxylic acids is 1. The van der Waals surface area contributed by atoms with Crippen LogP contribution >= 0.6 is 0 Å². The molecule has 0 aliphatic carbocycles. The average Bonchev–Trinajstić information content (AvgIpc) is 3.16. The molecule has 0 fully saturated rings. The highest BCUT2D eigenvalue weighted by Gasteiger charge is 2.13. The third-order valence-corrected chi connectivity index (χ3v) is 8.90. The summed E-state index contributed by atoms with van der Waals surface area (Å²) in [7, 11) is 0. The molecule has 0 rings (SSSR count). The van der Waals surface area contributed by atoms with E-state index in [1.54, 1.807) is 0 Å². The van der Waals surface area contributed by atoms with Crippen molar-refractivity contribution in [2.24, 2.45) is 0 Å². The largest absolute Gasteiger partial charge is 0.457 e. The smallest absolute Gasteiger partial charge is 0.306 e. The summed E-state index contributed by atoms with van der Waals surface area (Å²) in [5.41, 5.74) is 0. The summed E-state index contributed by atoms with van der Waals surface area (Å²) in [6, 6.07) is 0. The van der Waals surface area contributed by atoms with Crippen LogP contribution in [0.2, 0.25) is 0 Å². The fourth-order valence-corrected chi connectivity index (χ4v) is 5.72. The third kappa shape index (κ3) is 43.6. The molecule has 0 bridgehead atoms. The van der Waals surface area contributed by atoms with Gasteiger partial charge in [0.05, 0.1) is 13.2 Å². The summed E-state index contributed by atoms with van der Waals surface area (Å²) in [6.45, 7) is 5.07. The number of carbonyl (C=O) groups is 1. The van der Waals surface area contributed by atoms with Gasteiger partial charge in [0, 0.05) is 13.0 Å². The lowest BCUT2D eigenvalue weighted by Gasteiger charge is -2.15. The molecular formula is C49H82O4. The Balaban J connectivity index is 3.51. The quantitative estimate of drug-likeness (QED) is 0.0388. The number of ether oxygens (including phenoxy) is 2. The lowest BCUT2D eigenvalue weighted by Crippen LogP contribution is -2.27. The normalized spacial score (nSPS) is 13.3. The molecule has 1 N–H and O–H groups in total. The van der Waals surface area contributed by atoms with Crippen LogP contribution in [-0.4, -0.2) is 37.0 Å². The SMILES string of the molecule is CC/C=C\C/C=C\C/C=C\C/C=C\CCCCCCCCCCCCC(=O)OC(CO)COCCCCCCC/C=C\C/C=C\C/C=C\C/C=C\CC. The highest BCUT2D eigenvalue weighted by Crippen LogP contribution is 2.13. The van der Waals surface area contributed by atoms with Gasteiger partial charge >= 0.3 is 5.97 Å². The van der Waals surface area contributed by atoms with Gasteiger partial charge in [-0.2, -0.15) is 0 Å². The minimum atomic E-state index is -0.553. The molecular weight excluding hydrogens is 653 g/mol. The zero-order chi connectivity index (χ0) is 38.4. The second-order valence-corrected chi connectivity index (χ2v) is 14.0. The Morgan fingerprint density at radius 2 is 0.792 bits per heavy atom. The van der Waals surface area contributed by atoms with Crippen molar-refractivity contribution in [1.82, 2.24) is 0 Å². The van der Waals surface area contributed by atoms with Crippen molar-refractivity contribution in [3.63, 3.8) is 0 Å². The van der Waals surface area contributed by atoms with Gasteiger partial charge < -0.3 is 14.6 Å². The molecule has 0 saturated carbocycles. The number of aliphatic hydroxyl groups is 1. The van der Waals surface area contributed by atoms with Crippen LogP contribution in [0.4, 0.5) is 0 Å². The zero-order valence-corrected chi connectivity index (χ0v) is 34.5. The van der Waals surface area contributed by atoms with Gasteiger partial charge in [0.1, 0.15) is 6.10 Å². The molecule has 1 atom stereocenters. The molecule has 0 spiro atoms. The molecule has 0 aromatic carbocycles. The van der Waals surface area contributed by atoms with Gasteiger partial charge in [-0.3, -0.25) is 4.79 Å². The molecule has 0 aromatic heterocycles. The Morgan fingerprint density at radius 1 is 0.453 bits per heavy atom. The third-order valence-electron chi connectivity index (χ3n) is 8.90. The molecule has 0 amide bonds. The highest BCUT2D eigenvalue weighted by atomic mass is 16.6. The van der Waals surface area contributed by atoms with E-state index in [1.165, 1.54) is 77.0 Å². The van der Waals surface area contributed by atoms with Crippen LogP contribution in [-0.2, 0) is 14.3 Å². The van der Waals surface area contributed by atoms with E-state index >= 15 is 0 Å². The van der Waals surface area contributed by atoms with Crippen molar-refractivity contribution in [2.75, 3.05) is 19.8 Å². The van der Waals surface area contributed by atoms with Crippen LogP contribution in [0.25, 0.3) is 0 Å². The number of rotatable bonds is 39. The van der Waals surface area contributed by atoms with Crippen LogP contribution in [0.15, 0.2) is 97.2 Å². The van der Waals surface area contributed by atoms with Gasteiger partial charge in [-0.15, -0.1) is 0 Å². The zero-order valence-electron chi connectivity index (χ0n) is 34.5. The fourth-order valence-electron chi connectivity index (χ4n) is 5.72. The molecule has 0 heterocycles. The van der Waals surface area contributed by atoms with Crippen molar-refractivity contribution in [3.8, 4) is 0 Å². The maximum Gasteiger partial charge on any atom is 0.306 e. The lowest BCUT2D eigenvalue weighted by molar-refractivity contribution is -0.154. The first-order valence-electron chi connectivity index (χ1n) is 21.8. The van der Waals surface area contributed by atoms with Gasteiger partial charge in [-0.1, -0.05) is 182 Å². The lowest BCUT2D eigenvalue weighted by atomic mass is 10.0. The van der Waals surface area contributed by atoms with Crippen molar-refractivity contribution in [3.05, 3.63) is 97.2 Å². The Kier molecular flexibility index (Phi) is 43.2. The summed E-state index contributed by atoms with van der Waals surface area (Å²) < 4.78 is 11.2. The van der Waals surface area contributed by atoms with Crippen molar-refractivity contribution >= 4 is 5.97 Å². The standard InChI is InChI=1S/C49H82O4/c1-3-5-7-9-11-13-15-17-19-21-23-24-25-26-27-28-30-32-34-36-38-40-42-44-49(51)53-48(46-50)47-52-45-43-41-39-37-35-33-31-29-22-20-18-16-14-12-10-8-6-4-2/h5-8,11-14,17-20,23-24,29,31,48,50H,3-4,9-10,15-16,21-22,25-28,30,32-47H2,1-2H3/b7-5-,8-6-,13-11-,14-12-,19-17-,20-18-,24-23-,31-29-. The maximum atomic E-state index is 12.2. The summed E-state index contributed by atoms with van der Waals surface area (Å²) >= 11 is 0. The van der Waals surface area contributed by atoms with Crippen molar-refractivity contribution < 1.29 is 19.4 Å². The summed E-state index contributed by atoms with van der Waals surface area (Å²) in [5, 5.41) is 9.61. The molecule has 53 heavy (non-hydrogen) atoms. The maximum absolute atomic E-state index is 12.2. The van der Waals surface area contributed by atoms with Crippen LogP contribution in [0.3, 0.4) is 0 Å². The molecule has 0 aliphatic heterocycles. The number of esters is 1. The predicted molar refractivity (Wildman–Crippen MR) is 232 cm³/mol. The molecule has 0 radical (unpaired) electrons. The summed E-state index contributed by atoms with van der Waals surface area (Å²) in [5.74, 6) is -0.216. The molecule has 0 saturated heterocycles. The Bertz CT molecular complexity index is 996. The summed E-state index contributed by atoms with van der Waals surface area (Å²) in [6.07, 6.45) is 64.7. The number of hydrogen-bond acceptors (Lipinski definition) is 4. The van der Waals surface area contributed by atoms with Gasteiger partial charge in [0.15, 0.2) is 0 Å². The van der Waals surface area contributed by atoms with E-state index in [-0.39, 0.29) is 19.2 Å². The van der Waals surface area contributed by atoms with Crippen LogP contribution in [0, 0.1) is 0 Å². The Hall–Kier alpha value is -2.69. The van der Waals surface area contributed by atoms with E-state index < -0.39 is 6.10 Å². The monoisotopic (exact) mass is 735 g/mol. The number of hydrogen-bond donors (Lipinski definition) is 1. The van der Waals surface area contributed by atoms with Crippen molar-refractivity contribution in [2.45, 2.75) is 187 Å². The summed E-state index contributed by atoms with van der Waals surface area (Å²) in [4.78, 5) is 12.2. The van der Waals surface area contributed by atoms with E-state index in [1.807, 2.05) is 0 Å². The molecule has 1 unspecified atom stereocenters. The first-order chi connectivity index (χ1) is 26.2. The minimum absolute atomic E-state index is 0.187. The molecule has 0 aliphatic rings. The Morgan fingerprint density at radius 3 is 1.19 bits per heavy atom. The van der Waals surface area contributed by atoms with E-state index in [2.05, 4.69) is 111 Å². The van der Waals surface area contributed by atoms with E-state index in [0.29, 0.717) is 13.0 Å². The first-order valence-corrected chi connectivity index (χ1v) is 21.8. The van der Waals surface area contributed by atoms with Gasteiger partial charge in [0.25, 0.3) is 0 Å². The second kappa shape index (κ2) is 45.5. The van der Waals surface area contributed by atoms with E-state index in [0.717, 1.165) is 83.5 Å². The molecule has 4 nitrogen and oxygen atoms in total. The molecule has 0 aromatic rings. The van der Waals surface area contributed by atoms with Gasteiger partial charge in [-0.25, -0.2) is 0 Å². The van der Waals surface area contributed by atoms with Crippen LogP contribution < -0.4 is 0 Å². The van der Waals surface area contributed by atoms with Gasteiger partial charge in [0.2, 0.25) is 0 Å². The molecule has 4 heteroatoms. The predicted octanol–water partition coefficient (Wildman–Crippen LogP) is 14.5. The van der Waals surface area contributed by atoms with Crippen LogP contribution in [0.1, 0.15) is 181 Å². The average molecular weight is 735 g/mol. The van der Waals surface area contributed by atoms with Crippen LogP contribution in [0.5, 0.6) is 0 Å². The second-order valence-electron chi connectivity index (χ2n) is 14.0. The highest BCUT2D eigenvalue weighted by molar-refractivity contribution is 5.69. The minimum Gasteiger partial charge on any atom is -0.457 e. The van der Waals surface area contributed by atoms with E-state index in [9.17, 15) is 9.90 Å². The number of unbranched alkanes of at least 4 members (excludes halogenated alkanes) is 15. The van der Waals surface area contributed by atoms with E-state index in [4.69, 9.17) is 9.47 Å². The topological polar surface area (TPSA) is 55.8 Å². The van der Waals surface area contributed by atoms with Gasteiger partial charge in [-0.05, 0) is 89.9 Å². The first kappa shape index (κ1) is 50.3. The Labute approximate surface area is 328 Å². The molecule has 302 valence electrons.